The van der Waals surface area contributed by atoms with Crippen LogP contribution in [0, 0.1) is 0 Å². The molecule has 0 saturated carbocycles. The lowest BCUT2D eigenvalue weighted by atomic mass is 10.1. The summed E-state index contributed by atoms with van der Waals surface area (Å²) in [6.07, 6.45) is 6.50. The monoisotopic (exact) mass is 229 g/mol. The van der Waals surface area contributed by atoms with E-state index >= 15 is 0 Å². The highest BCUT2D eigenvalue weighted by Crippen LogP contribution is 2.10. The Kier molecular flexibility index (Phi) is 3.67. The first-order chi connectivity index (χ1) is 8.31. The average Bonchev–Trinajstić information content (AvgIpc) is 2.36. The van der Waals surface area contributed by atoms with E-state index in [4.69, 9.17) is 0 Å². The van der Waals surface area contributed by atoms with Crippen LogP contribution in [0.25, 0.3) is 17.0 Å². The van der Waals surface area contributed by atoms with Gasteiger partial charge in [0, 0.05) is 0 Å². The van der Waals surface area contributed by atoms with Crippen molar-refractivity contribution in [1.82, 2.24) is 15.3 Å². The maximum Gasteiger partial charge on any atom is 0.258 e. The van der Waals surface area contributed by atoms with E-state index in [0.717, 1.165) is 24.0 Å². The van der Waals surface area contributed by atoms with Gasteiger partial charge in [-0.3, -0.25) is 4.79 Å². The number of nitrogens with zero attached hydrogens (tertiary/aromatic N) is 1. The quantitative estimate of drug-likeness (QED) is 0.782. The molecule has 0 atom stereocenters. The van der Waals surface area contributed by atoms with Gasteiger partial charge in [-0.15, -0.1) is 0 Å². The minimum atomic E-state index is -0.0968. The molecule has 0 amide bonds. The van der Waals surface area contributed by atoms with Crippen molar-refractivity contribution in [3.05, 3.63) is 46.5 Å². The van der Waals surface area contributed by atoms with E-state index in [1.165, 1.54) is 6.33 Å². The van der Waals surface area contributed by atoms with Crippen molar-refractivity contribution in [3.63, 3.8) is 0 Å². The summed E-state index contributed by atoms with van der Waals surface area (Å²) in [5.41, 5.74) is 1.65. The molecule has 2 N–H and O–H groups in total. The second-order valence-corrected chi connectivity index (χ2v) is 3.80. The van der Waals surface area contributed by atoms with E-state index in [0.29, 0.717) is 5.39 Å². The normalized spacial score (nSPS) is 11.4. The van der Waals surface area contributed by atoms with Crippen LogP contribution in [0.1, 0.15) is 12.0 Å². The van der Waals surface area contributed by atoms with E-state index in [1.54, 1.807) is 0 Å². The predicted octanol–water partition coefficient (Wildman–Crippen LogP) is 1.55. The highest BCUT2D eigenvalue weighted by molar-refractivity contribution is 5.80. The number of benzene rings is 1. The standard InChI is InChI=1S/C13H15N3O/c1-14-7-3-2-4-10-5-6-12-11(8-10)13(17)16-9-15-12/h2,4-6,8-9,14H,3,7H2,1H3,(H,15,16,17). The van der Waals surface area contributed by atoms with E-state index in [9.17, 15) is 4.79 Å². The largest absolute Gasteiger partial charge is 0.319 e. The minimum Gasteiger partial charge on any atom is -0.319 e. The molecule has 0 aliphatic carbocycles. The number of nitrogens with one attached hydrogen (secondary N) is 2. The molecule has 0 aliphatic rings. The fourth-order valence-corrected chi connectivity index (χ4v) is 1.64. The zero-order chi connectivity index (χ0) is 12.1. The van der Waals surface area contributed by atoms with Crippen molar-refractivity contribution in [2.75, 3.05) is 13.6 Å². The molecule has 0 saturated heterocycles. The van der Waals surface area contributed by atoms with Gasteiger partial charge in [0.25, 0.3) is 5.56 Å². The van der Waals surface area contributed by atoms with Crippen molar-refractivity contribution in [3.8, 4) is 0 Å². The van der Waals surface area contributed by atoms with Gasteiger partial charge in [-0.1, -0.05) is 18.2 Å². The molecule has 0 fully saturated rings. The molecule has 4 heteroatoms. The third-order valence-electron chi connectivity index (χ3n) is 2.54. The van der Waals surface area contributed by atoms with Gasteiger partial charge in [-0.2, -0.15) is 0 Å². The first kappa shape index (κ1) is 11.5. The Morgan fingerprint density at radius 3 is 3.18 bits per heavy atom. The summed E-state index contributed by atoms with van der Waals surface area (Å²) in [5.74, 6) is 0. The van der Waals surface area contributed by atoms with Crippen LogP contribution in [0.2, 0.25) is 0 Å². The number of H-pyrrole nitrogens is 1. The molecule has 0 radical (unpaired) electrons. The summed E-state index contributed by atoms with van der Waals surface area (Å²) in [6.45, 7) is 0.951. The molecule has 0 spiro atoms. The topological polar surface area (TPSA) is 57.8 Å². The summed E-state index contributed by atoms with van der Waals surface area (Å²) in [7, 11) is 1.93. The molecule has 1 aromatic heterocycles. The maximum atomic E-state index is 11.6. The number of aromatic amines is 1. The van der Waals surface area contributed by atoms with Crippen LogP contribution in [0.5, 0.6) is 0 Å². The number of aromatic nitrogens is 2. The summed E-state index contributed by atoms with van der Waals surface area (Å²) in [6, 6.07) is 5.68. The zero-order valence-corrected chi connectivity index (χ0v) is 9.73. The lowest BCUT2D eigenvalue weighted by Crippen LogP contribution is -2.06. The van der Waals surface area contributed by atoms with Gasteiger partial charge in [0.1, 0.15) is 0 Å². The highest BCUT2D eigenvalue weighted by Gasteiger charge is 1.98. The molecular formula is C13H15N3O. The number of hydrogen-bond acceptors (Lipinski definition) is 3. The molecule has 0 unspecified atom stereocenters. The molecule has 2 rings (SSSR count). The van der Waals surface area contributed by atoms with Crippen LogP contribution in [0.15, 0.2) is 35.4 Å². The first-order valence-corrected chi connectivity index (χ1v) is 5.60. The van der Waals surface area contributed by atoms with E-state index in [-0.39, 0.29) is 5.56 Å². The Balaban J connectivity index is 2.28. The summed E-state index contributed by atoms with van der Waals surface area (Å²) < 4.78 is 0. The fourth-order valence-electron chi connectivity index (χ4n) is 1.64. The van der Waals surface area contributed by atoms with Crippen LogP contribution in [-0.4, -0.2) is 23.6 Å². The number of hydrogen-bond donors (Lipinski definition) is 2. The molecule has 0 aliphatic heterocycles. The number of rotatable bonds is 4. The van der Waals surface area contributed by atoms with Crippen LogP contribution in [0.4, 0.5) is 0 Å². The molecule has 1 aromatic carbocycles. The lowest BCUT2D eigenvalue weighted by molar-refractivity contribution is 0.809. The van der Waals surface area contributed by atoms with Crippen LogP contribution >= 0.6 is 0 Å². The molecule has 1 heterocycles. The van der Waals surface area contributed by atoms with E-state index in [1.807, 2.05) is 31.3 Å². The molecule has 88 valence electrons. The van der Waals surface area contributed by atoms with Crippen LogP contribution < -0.4 is 10.9 Å². The molecule has 2 aromatic rings. The van der Waals surface area contributed by atoms with E-state index < -0.39 is 0 Å². The Hall–Kier alpha value is -1.94. The van der Waals surface area contributed by atoms with Gasteiger partial charge in [0.2, 0.25) is 0 Å². The molecule has 0 bridgehead atoms. The fraction of sp³-hybridized carbons (Fsp3) is 0.231. The molecule has 17 heavy (non-hydrogen) atoms. The summed E-state index contributed by atoms with van der Waals surface area (Å²) in [4.78, 5) is 18.3. The lowest BCUT2D eigenvalue weighted by Gasteiger charge is -1.98. The number of fused-ring (bicyclic) bond motifs is 1. The van der Waals surface area contributed by atoms with Crippen LogP contribution in [0.3, 0.4) is 0 Å². The third-order valence-corrected chi connectivity index (χ3v) is 2.54. The van der Waals surface area contributed by atoms with Gasteiger partial charge in [0.15, 0.2) is 0 Å². The average molecular weight is 229 g/mol. The summed E-state index contributed by atoms with van der Waals surface area (Å²) >= 11 is 0. The third kappa shape index (κ3) is 2.79. The summed E-state index contributed by atoms with van der Waals surface area (Å²) in [5, 5.41) is 3.70. The van der Waals surface area contributed by atoms with Gasteiger partial charge >= 0.3 is 0 Å². The van der Waals surface area contributed by atoms with Crippen molar-refractivity contribution in [1.29, 1.82) is 0 Å². The predicted molar refractivity (Wildman–Crippen MR) is 69.9 cm³/mol. The van der Waals surface area contributed by atoms with Gasteiger partial charge in [-0.25, -0.2) is 4.98 Å². The van der Waals surface area contributed by atoms with Gasteiger partial charge in [-0.05, 0) is 37.7 Å². The smallest absolute Gasteiger partial charge is 0.258 e. The van der Waals surface area contributed by atoms with Gasteiger partial charge < -0.3 is 10.3 Å². The Morgan fingerprint density at radius 2 is 2.35 bits per heavy atom. The second-order valence-electron chi connectivity index (χ2n) is 3.80. The molecular weight excluding hydrogens is 214 g/mol. The van der Waals surface area contributed by atoms with Crippen molar-refractivity contribution in [2.24, 2.45) is 0 Å². The van der Waals surface area contributed by atoms with Crippen molar-refractivity contribution in [2.45, 2.75) is 6.42 Å². The maximum absolute atomic E-state index is 11.6. The van der Waals surface area contributed by atoms with Crippen molar-refractivity contribution < 1.29 is 0 Å². The minimum absolute atomic E-state index is 0.0968. The Bertz CT molecular complexity index is 586. The highest BCUT2D eigenvalue weighted by atomic mass is 16.1. The van der Waals surface area contributed by atoms with Gasteiger partial charge in [0.05, 0.1) is 17.2 Å². The Morgan fingerprint density at radius 1 is 1.47 bits per heavy atom. The van der Waals surface area contributed by atoms with Crippen LogP contribution in [-0.2, 0) is 0 Å². The first-order valence-electron chi connectivity index (χ1n) is 5.60. The molecule has 4 nitrogen and oxygen atoms in total. The van der Waals surface area contributed by atoms with Crippen molar-refractivity contribution >= 4 is 17.0 Å². The zero-order valence-electron chi connectivity index (χ0n) is 9.73. The SMILES string of the molecule is CNCCC=Cc1ccc2nc[nH]c(=O)c2c1. The second kappa shape index (κ2) is 5.41. The van der Waals surface area contributed by atoms with E-state index in [2.05, 4.69) is 21.4 Å². The Labute approximate surface area is 99.4 Å².